The van der Waals surface area contributed by atoms with Crippen LogP contribution in [-0.4, -0.2) is 62.2 Å². The van der Waals surface area contributed by atoms with E-state index in [0.717, 1.165) is 44.2 Å². The van der Waals surface area contributed by atoms with E-state index in [0.29, 0.717) is 0 Å². The molecular weight excluding hydrogens is 320 g/mol. The van der Waals surface area contributed by atoms with Crippen LogP contribution in [0.15, 0.2) is 36.4 Å². The number of anilines is 1. The smallest absolute Gasteiger partial charge is 0.0991 e. The van der Waals surface area contributed by atoms with Crippen molar-refractivity contribution in [1.29, 1.82) is 5.26 Å². The van der Waals surface area contributed by atoms with Gasteiger partial charge in [0.05, 0.1) is 11.6 Å². The van der Waals surface area contributed by atoms with Gasteiger partial charge in [-0.15, -0.1) is 0 Å². The SMILES string of the molecule is C=C(C)CN1CCC(CCN2CCN(c3ccc(C#N)cc3)CC2)CC1. The van der Waals surface area contributed by atoms with Gasteiger partial charge in [0.15, 0.2) is 0 Å². The Kier molecular flexibility index (Phi) is 6.71. The lowest BCUT2D eigenvalue weighted by Gasteiger charge is -2.37. The number of rotatable bonds is 6. The lowest BCUT2D eigenvalue weighted by molar-refractivity contribution is 0.170. The van der Waals surface area contributed by atoms with E-state index in [9.17, 15) is 0 Å². The Morgan fingerprint density at radius 1 is 1.04 bits per heavy atom. The zero-order chi connectivity index (χ0) is 18.4. The van der Waals surface area contributed by atoms with Gasteiger partial charge in [0.2, 0.25) is 0 Å². The fourth-order valence-electron chi connectivity index (χ4n) is 4.16. The molecule has 0 N–H and O–H groups in total. The molecule has 0 aromatic heterocycles. The van der Waals surface area contributed by atoms with Crippen molar-refractivity contribution in [1.82, 2.24) is 9.80 Å². The Morgan fingerprint density at radius 2 is 1.69 bits per heavy atom. The number of hydrogen-bond acceptors (Lipinski definition) is 4. The van der Waals surface area contributed by atoms with Crippen LogP contribution in [-0.2, 0) is 0 Å². The van der Waals surface area contributed by atoms with E-state index in [1.54, 1.807) is 0 Å². The van der Waals surface area contributed by atoms with Gasteiger partial charge in [-0.2, -0.15) is 5.26 Å². The van der Waals surface area contributed by atoms with Crippen molar-refractivity contribution in [3.8, 4) is 6.07 Å². The van der Waals surface area contributed by atoms with E-state index in [1.807, 2.05) is 12.1 Å². The fourth-order valence-corrected chi connectivity index (χ4v) is 4.16. The average molecular weight is 353 g/mol. The first-order chi connectivity index (χ1) is 12.6. The average Bonchev–Trinajstić information content (AvgIpc) is 2.67. The van der Waals surface area contributed by atoms with Crippen LogP contribution >= 0.6 is 0 Å². The van der Waals surface area contributed by atoms with E-state index in [4.69, 9.17) is 5.26 Å². The lowest BCUT2D eigenvalue weighted by Crippen LogP contribution is -2.47. The molecule has 2 fully saturated rings. The van der Waals surface area contributed by atoms with Crippen molar-refractivity contribution in [2.75, 3.05) is 57.3 Å². The van der Waals surface area contributed by atoms with Crippen molar-refractivity contribution >= 4 is 5.69 Å². The predicted molar refractivity (Wildman–Crippen MR) is 108 cm³/mol. The summed E-state index contributed by atoms with van der Waals surface area (Å²) in [7, 11) is 0. The lowest BCUT2D eigenvalue weighted by atomic mass is 9.93. The van der Waals surface area contributed by atoms with E-state index < -0.39 is 0 Å². The van der Waals surface area contributed by atoms with Crippen LogP contribution in [0.25, 0.3) is 0 Å². The third kappa shape index (κ3) is 5.33. The molecule has 2 aliphatic heterocycles. The van der Waals surface area contributed by atoms with Gasteiger partial charge in [0.25, 0.3) is 0 Å². The van der Waals surface area contributed by atoms with Crippen LogP contribution < -0.4 is 4.90 Å². The van der Waals surface area contributed by atoms with Gasteiger partial charge in [-0.05, 0) is 76.0 Å². The number of nitrogens with zero attached hydrogens (tertiary/aromatic N) is 4. The molecule has 0 unspecified atom stereocenters. The van der Waals surface area contributed by atoms with E-state index in [-0.39, 0.29) is 0 Å². The number of benzene rings is 1. The molecule has 2 saturated heterocycles. The van der Waals surface area contributed by atoms with Crippen LogP contribution in [0.5, 0.6) is 0 Å². The summed E-state index contributed by atoms with van der Waals surface area (Å²) in [6, 6.07) is 10.2. The molecule has 140 valence electrons. The van der Waals surface area contributed by atoms with Crippen LogP contribution in [0.3, 0.4) is 0 Å². The zero-order valence-electron chi connectivity index (χ0n) is 16.2. The maximum atomic E-state index is 8.92. The monoisotopic (exact) mass is 352 g/mol. The van der Waals surface area contributed by atoms with Gasteiger partial charge >= 0.3 is 0 Å². The Morgan fingerprint density at radius 3 is 2.27 bits per heavy atom. The number of hydrogen-bond donors (Lipinski definition) is 0. The summed E-state index contributed by atoms with van der Waals surface area (Å²) in [5, 5.41) is 8.92. The van der Waals surface area contributed by atoms with Crippen LogP contribution in [0.4, 0.5) is 5.69 Å². The highest BCUT2D eigenvalue weighted by atomic mass is 15.3. The molecule has 2 aliphatic rings. The number of piperidine rings is 1. The second kappa shape index (κ2) is 9.21. The molecule has 0 radical (unpaired) electrons. The molecule has 1 aromatic rings. The minimum Gasteiger partial charge on any atom is -0.369 e. The van der Waals surface area contributed by atoms with Crippen LogP contribution in [0, 0.1) is 17.2 Å². The van der Waals surface area contributed by atoms with Crippen LogP contribution in [0.2, 0.25) is 0 Å². The molecule has 3 rings (SSSR count). The topological polar surface area (TPSA) is 33.5 Å². The first-order valence-electron chi connectivity index (χ1n) is 9.98. The molecule has 0 saturated carbocycles. The Bertz CT molecular complexity index is 615. The highest BCUT2D eigenvalue weighted by Gasteiger charge is 2.21. The van der Waals surface area contributed by atoms with Gasteiger partial charge < -0.3 is 4.90 Å². The summed E-state index contributed by atoms with van der Waals surface area (Å²) in [5.74, 6) is 0.896. The predicted octanol–water partition coefficient (Wildman–Crippen LogP) is 3.36. The molecule has 1 aromatic carbocycles. The standard InChI is InChI=1S/C22H32N4/c1-19(2)18-25-11-8-20(9-12-25)7-10-24-13-15-26(16-14-24)22-5-3-21(17-23)4-6-22/h3-6,20H,1,7-16,18H2,2H3. The molecule has 4 nitrogen and oxygen atoms in total. The summed E-state index contributed by atoms with van der Waals surface area (Å²) < 4.78 is 0. The Hall–Kier alpha value is -1.83. The van der Waals surface area contributed by atoms with Gasteiger partial charge in [0, 0.05) is 38.4 Å². The summed E-state index contributed by atoms with van der Waals surface area (Å²) >= 11 is 0. The molecule has 4 heteroatoms. The Balaban J connectivity index is 1.35. The minimum atomic E-state index is 0.738. The molecule has 0 bridgehead atoms. The summed E-state index contributed by atoms with van der Waals surface area (Å²) in [6.07, 6.45) is 4.04. The molecule has 0 amide bonds. The quantitative estimate of drug-likeness (QED) is 0.735. The molecule has 0 aliphatic carbocycles. The maximum absolute atomic E-state index is 8.92. The fraction of sp³-hybridized carbons (Fsp3) is 0.591. The zero-order valence-corrected chi connectivity index (χ0v) is 16.2. The van der Waals surface area contributed by atoms with Gasteiger partial charge in [-0.3, -0.25) is 9.80 Å². The molecule has 2 heterocycles. The van der Waals surface area contributed by atoms with Gasteiger partial charge in [0.1, 0.15) is 0 Å². The van der Waals surface area contributed by atoms with Crippen molar-refractivity contribution in [3.63, 3.8) is 0 Å². The number of nitriles is 1. The second-order valence-electron chi connectivity index (χ2n) is 7.95. The van der Waals surface area contributed by atoms with Crippen molar-refractivity contribution in [3.05, 3.63) is 42.0 Å². The number of piperazine rings is 1. The largest absolute Gasteiger partial charge is 0.369 e. The van der Waals surface area contributed by atoms with E-state index in [2.05, 4.69) is 46.4 Å². The first-order valence-corrected chi connectivity index (χ1v) is 9.98. The van der Waals surface area contributed by atoms with Gasteiger partial charge in [-0.1, -0.05) is 12.2 Å². The Labute approximate surface area is 158 Å². The maximum Gasteiger partial charge on any atom is 0.0991 e. The van der Waals surface area contributed by atoms with Crippen LogP contribution in [0.1, 0.15) is 31.7 Å². The van der Waals surface area contributed by atoms with Crippen molar-refractivity contribution < 1.29 is 0 Å². The first kappa shape index (κ1) is 18.9. The molecule has 0 atom stereocenters. The molecular formula is C22H32N4. The number of likely N-dealkylation sites (tertiary alicyclic amines) is 1. The molecule has 0 spiro atoms. The highest BCUT2D eigenvalue weighted by molar-refractivity contribution is 5.50. The third-order valence-electron chi connectivity index (χ3n) is 5.79. The van der Waals surface area contributed by atoms with E-state index >= 15 is 0 Å². The van der Waals surface area contributed by atoms with E-state index in [1.165, 1.54) is 50.2 Å². The van der Waals surface area contributed by atoms with Crippen molar-refractivity contribution in [2.24, 2.45) is 5.92 Å². The third-order valence-corrected chi connectivity index (χ3v) is 5.79. The minimum absolute atomic E-state index is 0.738. The normalized spacial score (nSPS) is 20.1. The highest BCUT2D eigenvalue weighted by Crippen LogP contribution is 2.22. The summed E-state index contributed by atoms with van der Waals surface area (Å²) in [4.78, 5) is 7.61. The second-order valence-corrected chi connectivity index (χ2v) is 7.95. The van der Waals surface area contributed by atoms with Crippen molar-refractivity contribution in [2.45, 2.75) is 26.2 Å². The summed E-state index contributed by atoms with van der Waals surface area (Å²) in [6.45, 7) is 15.4. The molecule has 26 heavy (non-hydrogen) atoms. The van der Waals surface area contributed by atoms with Gasteiger partial charge in [-0.25, -0.2) is 0 Å². The summed E-state index contributed by atoms with van der Waals surface area (Å²) in [5.41, 5.74) is 3.26.